The van der Waals surface area contributed by atoms with Gasteiger partial charge in [-0.2, -0.15) is 0 Å². The Morgan fingerprint density at radius 1 is 1.35 bits per heavy atom. The first-order valence-corrected chi connectivity index (χ1v) is 6.44. The minimum Gasteiger partial charge on any atom is -0.331 e. The monoisotopic (exact) mass is 252 g/mol. The molecule has 0 aliphatic rings. The molecule has 2 rings (SSSR count). The highest BCUT2D eigenvalue weighted by atomic mass is 32.1. The summed E-state index contributed by atoms with van der Waals surface area (Å²) < 4.78 is 15.9. The first kappa shape index (κ1) is 12.3. The summed E-state index contributed by atoms with van der Waals surface area (Å²) in [5.41, 5.74) is 1.77. The molecule has 4 heteroatoms. The molecule has 17 heavy (non-hydrogen) atoms. The fourth-order valence-corrected chi connectivity index (χ4v) is 2.40. The number of aromatic amines is 1. The summed E-state index contributed by atoms with van der Waals surface area (Å²) in [6.07, 6.45) is 2.22. The van der Waals surface area contributed by atoms with E-state index in [0.29, 0.717) is 10.7 Å². The third-order valence-electron chi connectivity index (χ3n) is 3.33. The number of hydrogen-bond donors (Lipinski definition) is 1. The van der Waals surface area contributed by atoms with Gasteiger partial charge in [-0.25, -0.2) is 4.39 Å². The Labute approximate surface area is 105 Å². The van der Waals surface area contributed by atoms with Crippen LogP contribution in [0.15, 0.2) is 18.2 Å². The average molecular weight is 252 g/mol. The van der Waals surface area contributed by atoms with Crippen molar-refractivity contribution in [3.05, 3.63) is 28.8 Å². The fourth-order valence-electron chi connectivity index (χ4n) is 2.11. The lowest BCUT2D eigenvalue weighted by Gasteiger charge is -2.13. The van der Waals surface area contributed by atoms with E-state index >= 15 is 0 Å². The molecule has 0 atom stereocenters. The lowest BCUT2D eigenvalue weighted by molar-refractivity contribution is 0.422. The number of nitrogens with one attached hydrogen (secondary N) is 1. The van der Waals surface area contributed by atoms with E-state index in [2.05, 4.69) is 18.8 Å². The van der Waals surface area contributed by atoms with Crippen LogP contribution < -0.4 is 0 Å². The summed E-state index contributed by atoms with van der Waals surface area (Å²) >= 11 is 5.30. The molecule has 0 spiro atoms. The second-order valence-corrected chi connectivity index (χ2v) is 4.77. The van der Waals surface area contributed by atoms with Crippen molar-refractivity contribution in [3.8, 4) is 0 Å². The van der Waals surface area contributed by atoms with Crippen LogP contribution in [0.5, 0.6) is 0 Å². The Morgan fingerprint density at radius 2 is 2.06 bits per heavy atom. The maximum absolute atomic E-state index is 13.3. The van der Waals surface area contributed by atoms with Crippen LogP contribution >= 0.6 is 12.2 Å². The van der Waals surface area contributed by atoms with Crippen LogP contribution in [-0.2, 0) is 6.54 Å². The topological polar surface area (TPSA) is 20.7 Å². The van der Waals surface area contributed by atoms with Gasteiger partial charge >= 0.3 is 0 Å². The van der Waals surface area contributed by atoms with Crippen molar-refractivity contribution in [2.45, 2.75) is 33.2 Å². The van der Waals surface area contributed by atoms with Crippen molar-refractivity contribution in [2.75, 3.05) is 0 Å². The molecule has 1 aromatic carbocycles. The van der Waals surface area contributed by atoms with E-state index in [1.54, 1.807) is 12.1 Å². The molecule has 0 radical (unpaired) electrons. The van der Waals surface area contributed by atoms with Crippen LogP contribution in [0.1, 0.15) is 26.7 Å². The van der Waals surface area contributed by atoms with Crippen molar-refractivity contribution in [1.29, 1.82) is 0 Å². The smallest absolute Gasteiger partial charge is 0.178 e. The molecule has 0 saturated heterocycles. The molecule has 0 bridgehead atoms. The molecule has 92 valence electrons. The van der Waals surface area contributed by atoms with Crippen LogP contribution in [0.25, 0.3) is 11.0 Å². The molecule has 1 N–H and O–H groups in total. The molecular formula is C13H17FN2S. The van der Waals surface area contributed by atoms with Gasteiger partial charge in [-0.1, -0.05) is 26.7 Å². The van der Waals surface area contributed by atoms with E-state index in [9.17, 15) is 4.39 Å². The molecule has 1 heterocycles. The Morgan fingerprint density at radius 3 is 2.71 bits per heavy atom. The molecule has 2 aromatic rings. The van der Waals surface area contributed by atoms with E-state index in [4.69, 9.17) is 12.2 Å². The van der Waals surface area contributed by atoms with E-state index < -0.39 is 0 Å². The minimum absolute atomic E-state index is 0.218. The zero-order chi connectivity index (χ0) is 12.4. The van der Waals surface area contributed by atoms with Crippen molar-refractivity contribution < 1.29 is 4.39 Å². The Kier molecular flexibility index (Phi) is 3.62. The van der Waals surface area contributed by atoms with Gasteiger partial charge < -0.3 is 9.55 Å². The first-order chi connectivity index (χ1) is 8.15. The number of fused-ring (bicyclic) bond motifs is 1. The standard InChI is InChI=1S/C13H17FN2S/c1-3-9(4-2)8-16-12-7-10(14)5-6-11(12)15-13(16)17/h5-7,9H,3-4,8H2,1-2H3,(H,15,17). The predicted molar refractivity (Wildman–Crippen MR) is 71.2 cm³/mol. The molecule has 0 aliphatic heterocycles. The quantitative estimate of drug-likeness (QED) is 0.806. The van der Waals surface area contributed by atoms with Crippen molar-refractivity contribution in [1.82, 2.24) is 9.55 Å². The summed E-state index contributed by atoms with van der Waals surface area (Å²) in [4.78, 5) is 3.12. The summed E-state index contributed by atoms with van der Waals surface area (Å²) in [6.45, 7) is 5.20. The molecule has 1 aromatic heterocycles. The normalized spacial score (nSPS) is 11.5. The molecule has 0 amide bonds. The number of imidazole rings is 1. The van der Waals surface area contributed by atoms with E-state index in [1.807, 2.05) is 4.57 Å². The molecule has 0 aliphatic carbocycles. The van der Waals surface area contributed by atoms with E-state index in [1.165, 1.54) is 6.07 Å². The number of nitrogens with zero attached hydrogens (tertiary/aromatic N) is 1. The summed E-state index contributed by atoms with van der Waals surface area (Å²) in [7, 11) is 0. The van der Waals surface area contributed by atoms with Crippen LogP contribution in [0, 0.1) is 16.5 Å². The fraction of sp³-hybridized carbons (Fsp3) is 0.462. The van der Waals surface area contributed by atoms with Gasteiger partial charge in [0.2, 0.25) is 0 Å². The van der Waals surface area contributed by atoms with E-state index in [0.717, 1.165) is 30.4 Å². The van der Waals surface area contributed by atoms with Gasteiger partial charge in [0.25, 0.3) is 0 Å². The lowest BCUT2D eigenvalue weighted by atomic mass is 10.0. The zero-order valence-electron chi connectivity index (χ0n) is 10.2. The number of benzene rings is 1. The van der Waals surface area contributed by atoms with Crippen molar-refractivity contribution >= 4 is 23.3 Å². The maximum Gasteiger partial charge on any atom is 0.178 e. The predicted octanol–water partition coefficient (Wildman–Crippen LogP) is 4.27. The Hall–Kier alpha value is -1.16. The summed E-state index contributed by atoms with van der Waals surface area (Å²) in [5.74, 6) is 0.369. The highest BCUT2D eigenvalue weighted by Gasteiger charge is 2.10. The zero-order valence-corrected chi connectivity index (χ0v) is 11.0. The lowest BCUT2D eigenvalue weighted by Crippen LogP contribution is -2.09. The summed E-state index contributed by atoms with van der Waals surface area (Å²) in [6, 6.07) is 4.74. The average Bonchev–Trinajstić information content (AvgIpc) is 2.62. The van der Waals surface area contributed by atoms with Gasteiger partial charge in [0.05, 0.1) is 11.0 Å². The number of halogens is 1. The third kappa shape index (κ3) is 2.41. The third-order valence-corrected chi connectivity index (χ3v) is 3.66. The van der Waals surface area contributed by atoms with Crippen LogP contribution in [0.4, 0.5) is 4.39 Å². The molecule has 2 nitrogen and oxygen atoms in total. The van der Waals surface area contributed by atoms with Gasteiger partial charge in [-0.15, -0.1) is 0 Å². The SMILES string of the molecule is CCC(CC)Cn1c(=S)[nH]c2ccc(F)cc21. The largest absolute Gasteiger partial charge is 0.331 e. The highest BCUT2D eigenvalue weighted by Crippen LogP contribution is 2.19. The minimum atomic E-state index is -0.218. The van der Waals surface area contributed by atoms with E-state index in [-0.39, 0.29) is 5.82 Å². The number of hydrogen-bond acceptors (Lipinski definition) is 1. The Bertz CT molecular complexity index is 566. The van der Waals surface area contributed by atoms with Gasteiger partial charge in [0, 0.05) is 6.54 Å². The van der Waals surface area contributed by atoms with Crippen molar-refractivity contribution in [2.24, 2.45) is 5.92 Å². The van der Waals surface area contributed by atoms with Crippen LogP contribution in [-0.4, -0.2) is 9.55 Å². The number of H-pyrrole nitrogens is 1. The second-order valence-electron chi connectivity index (χ2n) is 4.38. The molecular weight excluding hydrogens is 235 g/mol. The Balaban J connectivity index is 2.48. The first-order valence-electron chi connectivity index (χ1n) is 6.03. The molecule has 0 saturated carbocycles. The van der Waals surface area contributed by atoms with Gasteiger partial charge in [-0.3, -0.25) is 0 Å². The van der Waals surface area contributed by atoms with Crippen LogP contribution in [0.2, 0.25) is 0 Å². The number of rotatable bonds is 4. The van der Waals surface area contributed by atoms with Gasteiger partial charge in [0.15, 0.2) is 4.77 Å². The number of aromatic nitrogens is 2. The van der Waals surface area contributed by atoms with Crippen LogP contribution in [0.3, 0.4) is 0 Å². The van der Waals surface area contributed by atoms with Gasteiger partial charge in [-0.05, 0) is 36.3 Å². The molecule has 0 fully saturated rings. The second kappa shape index (κ2) is 5.00. The molecule has 0 unspecified atom stereocenters. The maximum atomic E-state index is 13.3. The van der Waals surface area contributed by atoms with Crippen molar-refractivity contribution in [3.63, 3.8) is 0 Å². The summed E-state index contributed by atoms with van der Waals surface area (Å²) in [5, 5.41) is 0. The van der Waals surface area contributed by atoms with Gasteiger partial charge in [0.1, 0.15) is 5.82 Å². The highest BCUT2D eigenvalue weighted by molar-refractivity contribution is 7.71.